The molecule has 0 spiro atoms. The highest BCUT2D eigenvalue weighted by atomic mass is 32.2. The fraction of sp³-hybridized carbons (Fsp3) is 0.667. The van der Waals surface area contributed by atoms with Crippen LogP contribution in [0.4, 0.5) is 5.69 Å². The third kappa shape index (κ3) is 6.49. The molecule has 3 N–H and O–H groups in total. The molecule has 1 aliphatic heterocycles. The highest BCUT2D eigenvalue weighted by molar-refractivity contribution is 7.99. The van der Waals surface area contributed by atoms with Crippen molar-refractivity contribution in [2.45, 2.75) is 51.2 Å². The number of rotatable bonds is 7. The minimum Gasteiger partial charge on any atom is -0.328 e. The number of carbonyl (C=O) groups excluding carboxylic acids is 1. The molecule has 0 bridgehead atoms. The highest BCUT2D eigenvalue weighted by Crippen LogP contribution is 2.22. The van der Waals surface area contributed by atoms with E-state index in [0.717, 1.165) is 57.5 Å². The van der Waals surface area contributed by atoms with E-state index in [1.807, 2.05) is 23.9 Å². The van der Waals surface area contributed by atoms with Gasteiger partial charge in [0.15, 0.2) is 0 Å². The fourth-order valence-electron chi connectivity index (χ4n) is 4.12. The molecule has 150 valence electrons. The largest absolute Gasteiger partial charge is 0.328 e. The van der Waals surface area contributed by atoms with Gasteiger partial charge in [-0.1, -0.05) is 19.1 Å². The van der Waals surface area contributed by atoms with Crippen molar-refractivity contribution in [3.63, 3.8) is 0 Å². The molecule has 2 fully saturated rings. The van der Waals surface area contributed by atoms with Crippen LogP contribution in [-0.2, 0) is 11.3 Å². The average Bonchev–Trinajstić information content (AvgIpc) is 2.68. The summed E-state index contributed by atoms with van der Waals surface area (Å²) in [4.78, 5) is 17.4. The molecule has 6 heteroatoms. The van der Waals surface area contributed by atoms with Gasteiger partial charge in [-0.15, -0.1) is 0 Å². The van der Waals surface area contributed by atoms with Gasteiger partial charge < -0.3 is 11.1 Å². The van der Waals surface area contributed by atoms with Crippen LogP contribution in [0.2, 0.25) is 0 Å². The maximum absolute atomic E-state index is 12.6. The zero-order chi connectivity index (χ0) is 19.1. The smallest absolute Gasteiger partial charge is 0.238 e. The van der Waals surface area contributed by atoms with Gasteiger partial charge in [0.25, 0.3) is 0 Å². The predicted molar refractivity (Wildman–Crippen MR) is 115 cm³/mol. The van der Waals surface area contributed by atoms with Gasteiger partial charge in [0, 0.05) is 48.9 Å². The topological polar surface area (TPSA) is 61.6 Å². The molecule has 3 rings (SSSR count). The molecule has 0 atom stereocenters. The first-order chi connectivity index (χ1) is 13.1. The van der Waals surface area contributed by atoms with Gasteiger partial charge in [0.2, 0.25) is 5.91 Å². The van der Waals surface area contributed by atoms with Crippen LogP contribution in [0.15, 0.2) is 24.3 Å². The third-order valence-electron chi connectivity index (χ3n) is 5.73. The number of hydrogen-bond acceptors (Lipinski definition) is 5. The minimum atomic E-state index is 0.0817. The lowest BCUT2D eigenvalue weighted by atomic mass is 9.91. The van der Waals surface area contributed by atoms with Crippen LogP contribution >= 0.6 is 11.8 Å². The number of likely N-dealkylation sites (N-methyl/N-ethyl adjacent to an activating group) is 1. The lowest BCUT2D eigenvalue weighted by molar-refractivity contribution is -0.118. The predicted octanol–water partition coefficient (Wildman–Crippen LogP) is 2.77. The monoisotopic (exact) mass is 390 g/mol. The van der Waals surface area contributed by atoms with E-state index >= 15 is 0 Å². The molecule has 1 aromatic carbocycles. The van der Waals surface area contributed by atoms with Crippen molar-refractivity contribution in [1.29, 1.82) is 0 Å². The van der Waals surface area contributed by atoms with Gasteiger partial charge in [-0.2, -0.15) is 11.8 Å². The second-order valence-electron chi connectivity index (χ2n) is 7.77. The Labute approximate surface area is 168 Å². The number of thioether (sulfide) groups is 1. The molecule has 0 radical (unpaired) electrons. The first-order valence-corrected chi connectivity index (χ1v) is 11.5. The lowest BCUT2D eigenvalue weighted by Gasteiger charge is -2.35. The number of nitrogens with two attached hydrogens (primary N) is 1. The summed E-state index contributed by atoms with van der Waals surface area (Å²) >= 11 is 2.03. The van der Waals surface area contributed by atoms with Crippen LogP contribution < -0.4 is 11.1 Å². The van der Waals surface area contributed by atoms with E-state index in [1.165, 1.54) is 17.1 Å². The Hall–Kier alpha value is -1.08. The van der Waals surface area contributed by atoms with Crippen LogP contribution in [-0.4, -0.2) is 65.5 Å². The number of amides is 1. The molecule has 1 heterocycles. The molecule has 5 nitrogen and oxygen atoms in total. The van der Waals surface area contributed by atoms with E-state index in [9.17, 15) is 4.79 Å². The van der Waals surface area contributed by atoms with Crippen LogP contribution in [0.3, 0.4) is 0 Å². The van der Waals surface area contributed by atoms with Crippen molar-refractivity contribution >= 4 is 23.4 Å². The average molecular weight is 391 g/mol. The van der Waals surface area contributed by atoms with Gasteiger partial charge in [-0.25, -0.2) is 0 Å². The Kier molecular flexibility index (Phi) is 8.00. The van der Waals surface area contributed by atoms with Gasteiger partial charge in [0.1, 0.15) is 0 Å². The summed E-state index contributed by atoms with van der Waals surface area (Å²) in [6.07, 6.45) is 4.34. The van der Waals surface area contributed by atoms with Crippen LogP contribution in [0, 0.1) is 0 Å². The lowest BCUT2D eigenvalue weighted by Crippen LogP contribution is -2.44. The molecule has 1 aromatic rings. The quantitative estimate of drug-likeness (QED) is 0.750. The summed E-state index contributed by atoms with van der Waals surface area (Å²) in [5.74, 6) is 2.52. The maximum Gasteiger partial charge on any atom is 0.238 e. The molecule has 2 aliphatic rings. The van der Waals surface area contributed by atoms with E-state index < -0.39 is 0 Å². The van der Waals surface area contributed by atoms with Gasteiger partial charge in [-0.05, 0) is 49.9 Å². The molecular weight excluding hydrogens is 356 g/mol. The van der Waals surface area contributed by atoms with Gasteiger partial charge in [0.05, 0.1) is 6.54 Å². The molecular formula is C21H34N4OS. The summed E-state index contributed by atoms with van der Waals surface area (Å²) in [6, 6.07) is 9.14. The summed E-state index contributed by atoms with van der Waals surface area (Å²) in [7, 11) is 0. The van der Waals surface area contributed by atoms with Gasteiger partial charge in [-0.3, -0.25) is 14.6 Å². The third-order valence-corrected chi connectivity index (χ3v) is 6.67. The maximum atomic E-state index is 12.6. The molecule has 1 saturated heterocycles. The van der Waals surface area contributed by atoms with Crippen molar-refractivity contribution < 1.29 is 4.79 Å². The highest BCUT2D eigenvalue weighted by Gasteiger charge is 2.24. The van der Waals surface area contributed by atoms with E-state index in [1.54, 1.807) is 0 Å². The van der Waals surface area contributed by atoms with E-state index in [2.05, 4.69) is 34.2 Å². The number of anilines is 1. The summed E-state index contributed by atoms with van der Waals surface area (Å²) in [6.45, 7) is 6.77. The van der Waals surface area contributed by atoms with Crippen molar-refractivity contribution in [3.05, 3.63) is 29.8 Å². The van der Waals surface area contributed by atoms with E-state index in [4.69, 9.17) is 5.73 Å². The minimum absolute atomic E-state index is 0.0817. The SMILES string of the molecule is CCN(CC(=O)Nc1cccc(CN2CCSCC2)c1)C1CCC(N)CC1. The Balaban J connectivity index is 1.51. The molecule has 1 aliphatic carbocycles. The Bertz CT molecular complexity index is 598. The van der Waals surface area contributed by atoms with Crippen molar-refractivity contribution in [3.8, 4) is 0 Å². The molecule has 0 aromatic heterocycles. The van der Waals surface area contributed by atoms with Crippen LogP contribution in [0.5, 0.6) is 0 Å². The Morgan fingerprint density at radius 2 is 2.00 bits per heavy atom. The number of hydrogen-bond donors (Lipinski definition) is 2. The molecule has 1 saturated carbocycles. The zero-order valence-corrected chi connectivity index (χ0v) is 17.3. The molecule has 0 unspecified atom stereocenters. The summed E-state index contributed by atoms with van der Waals surface area (Å²) in [5.41, 5.74) is 8.20. The van der Waals surface area contributed by atoms with Crippen molar-refractivity contribution in [2.75, 3.05) is 43.0 Å². The normalized spacial score (nSPS) is 24.1. The van der Waals surface area contributed by atoms with Crippen molar-refractivity contribution in [2.24, 2.45) is 5.73 Å². The Morgan fingerprint density at radius 1 is 1.26 bits per heavy atom. The molecule has 1 amide bonds. The van der Waals surface area contributed by atoms with Gasteiger partial charge >= 0.3 is 0 Å². The van der Waals surface area contributed by atoms with E-state index in [-0.39, 0.29) is 5.91 Å². The summed E-state index contributed by atoms with van der Waals surface area (Å²) in [5, 5.41) is 3.10. The van der Waals surface area contributed by atoms with Crippen LogP contribution in [0.1, 0.15) is 38.2 Å². The number of nitrogens with one attached hydrogen (secondary N) is 1. The Morgan fingerprint density at radius 3 is 2.70 bits per heavy atom. The van der Waals surface area contributed by atoms with Crippen LogP contribution in [0.25, 0.3) is 0 Å². The molecule has 27 heavy (non-hydrogen) atoms. The standard InChI is InChI=1S/C21H34N4OS/c1-2-25(20-8-6-18(22)7-9-20)16-21(26)23-19-5-3-4-17(14-19)15-24-10-12-27-13-11-24/h3-5,14,18,20H,2,6-13,15-16,22H2,1H3,(H,23,26). The zero-order valence-electron chi connectivity index (χ0n) is 16.5. The fourth-order valence-corrected chi connectivity index (χ4v) is 5.09. The second-order valence-corrected chi connectivity index (χ2v) is 8.99. The number of nitrogens with zero attached hydrogens (tertiary/aromatic N) is 2. The first-order valence-electron chi connectivity index (χ1n) is 10.3. The summed E-state index contributed by atoms with van der Waals surface area (Å²) < 4.78 is 0. The van der Waals surface area contributed by atoms with E-state index in [0.29, 0.717) is 18.6 Å². The number of carbonyl (C=O) groups is 1. The number of benzene rings is 1. The first kappa shape index (κ1) is 20.6. The van der Waals surface area contributed by atoms with Crippen molar-refractivity contribution in [1.82, 2.24) is 9.80 Å². The second kappa shape index (κ2) is 10.5.